The first-order valence-electron chi connectivity index (χ1n) is 6.03. The van der Waals surface area contributed by atoms with E-state index in [1.165, 1.54) is 6.07 Å². The molecule has 1 N–H and O–H groups in total. The van der Waals surface area contributed by atoms with E-state index in [-0.39, 0.29) is 5.82 Å². The Labute approximate surface area is 110 Å². The van der Waals surface area contributed by atoms with Crippen LogP contribution in [0, 0.1) is 5.82 Å². The van der Waals surface area contributed by atoms with Crippen LogP contribution in [0.3, 0.4) is 0 Å². The average Bonchev–Trinajstić information content (AvgIpc) is 2.91. The molecule has 0 fully saturated rings. The van der Waals surface area contributed by atoms with Gasteiger partial charge in [-0.1, -0.05) is 48.5 Å². The van der Waals surface area contributed by atoms with Crippen LogP contribution >= 0.6 is 0 Å². The minimum Gasteiger partial charge on any atom is -0.262 e. The van der Waals surface area contributed by atoms with Gasteiger partial charge in [-0.2, -0.15) is 5.10 Å². The molecule has 3 aromatic rings. The summed E-state index contributed by atoms with van der Waals surface area (Å²) in [4.78, 5) is 4.38. The highest BCUT2D eigenvalue weighted by Gasteiger charge is 2.08. The SMILES string of the molecule is Fc1ccccc1Cc1nc(-c2ccccc2)n[nH]1. The minimum atomic E-state index is -0.222. The zero-order chi connectivity index (χ0) is 13.1. The summed E-state index contributed by atoms with van der Waals surface area (Å²) in [5.74, 6) is 1.07. The molecule has 3 nitrogen and oxygen atoms in total. The molecule has 4 heteroatoms. The number of nitrogens with one attached hydrogen (secondary N) is 1. The first kappa shape index (κ1) is 11.6. The number of nitrogens with zero attached hydrogens (tertiary/aromatic N) is 2. The summed E-state index contributed by atoms with van der Waals surface area (Å²) in [5.41, 5.74) is 1.55. The zero-order valence-corrected chi connectivity index (χ0v) is 10.2. The van der Waals surface area contributed by atoms with Gasteiger partial charge in [-0.15, -0.1) is 0 Å². The van der Waals surface area contributed by atoms with Crippen molar-refractivity contribution in [2.24, 2.45) is 0 Å². The van der Waals surface area contributed by atoms with Crippen LogP contribution in [0.25, 0.3) is 11.4 Å². The van der Waals surface area contributed by atoms with Gasteiger partial charge in [-0.05, 0) is 11.6 Å². The number of halogens is 1. The van der Waals surface area contributed by atoms with Crippen molar-refractivity contribution in [2.45, 2.75) is 6.42 Å². The van der Waals surface area contributed by atoms with Crippen LogP contribution in [0.15, 0.2) is 54.6 Å². The standard InChI is InChI=1S/C15H12FN3/c16-13-9-5-4-8-12(13)10-14-17-15(19-18-14)11-6-2-1-3-7-11/h1-9H,10H2,(H,17,18,19). The van der Waals surface area contributed by atoms with E-state index < -0.39 is 0 Å². The van der Waals surface area contributed by atoms with Crippen molar-refractivity contribution in [3.05, 3.63) is 71.8 Å². The lowest BCUT2D eigenvalue weighted by Gasteiger charge is -1.98. The summed E-state index contributed by atoms with van der Waals surface area (Å²) in [6, 6.07) is 16.4. The van der Waals surface area contributed by atoms with E-state index in [2.05, 4.69) is 15.2 Å². The van der Waals surface area contributed by atoms with Crippen LogP contribution in [0.1, 0.15) is 11.4 Å². The van der Waals surface area contributed by atoms with Crippen molar-refractivity contribution in [1.82, 2.24) is 15.2 Å². The molecule has 0 amide bonds. The van der Waals surface area contributed by atoms with E-state index in [9.17, 15) is 4.39 Å². The van der Waals surface area contributed by atoms with Gasteiger partial charge in [0, 0.05) is 12.0 Å². The Hall–Kier alpha value is -2.49. The van der Waals surface area contributed by atoms with Crippen molar-refractivity contribution in [1.29, 1.82) is 0 Å². The highest BCUT2D eigenvalue weighted by molar-refractivity contribution is 5.53. The van der Waals surface area contributed by atoms with E-state index in [1.54, 1.807) is 12.1 Å². The van der Waals surface area contributed by atoms with Crippen LogP contribution in [0.5, 0.6) is 0 Å². The Bertz CT molecular complexity index is 677. The fraction of sp³-hybridized carbons (Fsp3) is 0.0667. The van der Waals surface area contributed by atoms with E-state index in [4.69, 9.17) is 0 Å². The van der Waals surface area contributed by atoms with Gasteiger partial charge < -0.3 is 0 Å². The third kappa shape index (κ3) is 2.52. The topological polar surface area (TPSA) is 41.6 Å². The summed E-state index contributed by atoms with van der Waals surface area (Å²) in [6.07, 6.45) is 0.409. The van der Waals surface area contributed by atoms with Crippen molar-refractivity contribution < 1.29 is 4.39 Å². The smallest absolute Gasteiger partial charge is 0.181 e. The predicted molar refractivity (Wildman–Crippen MR) is 71.0 cm³/mol. The zero-order valence-electron chi connectivity index (χ0n) is 10.2. The molecule has 0 saturated carbocycles. The Morgan fingerprint density at radius 2 is 1.68 bits per heavy atom. The van der Waals surface area contributed by atoms with E-state index in [0.717, 1.165) is 5.56 Å². The second kappa shape index (κ2) is 5.02. The summed E-state index contributed by atoms with van der Waals surface area (Å²) < 4.78 is 13.5. The van der Waals surface area contributed by atoms with Gasteiger partial charge in [0.2, 0.25) is 0 Å². The lowest BCUT2D eigenvalue weighted by molar-refractivity contribution is 0.612. The van der Waals surface area contributed by atoms with Crippen molar-refractivity contribution in [3.8, 4) is 11.4 Å². The maximum atomic E-state index is 13.5. The van der Waals surface area contributed by atoms with Crippen molar-refractivity contribution in [2.75, 3.05) is 0 Å². The number of benzene rings is 2. The quantitative estimate of drug-likeness (QED) is 0.778. The van der Waals surface area contributed by atoms with Crippen LogP contribution in [-0.4, -0.2) is 15.2 Å². The molecular formula is C15H12FN3. The third-order valence-electron chi connectivity index (χ3n) is 2.88. The van der Waals surface area contributed by atoms with Gasteiger partial charge in [0.1, 0.15) is 11.6 Å². The van der Waals surface area contributed by atoms with Gasteiger partial charge in [-0.3, -0.25) is 5.10 Å². The number of aromatic amines is 1. The van der Waals surface area contributed by atoms with Crippen LogP contribution < -0.4 is 0 Å². The summed E-state index contributed by atoms with van der Waals surface area (Å²) >= 11 is 0. The van der Waals surface area contributed by atoms with Crippen LogP contribution in [0.2, 0.25) is 0 Å². The second-order valence-electron chi connectivity index (χ2n) is 4.24. The number of hydrogen-bond donors (Lipinski definition) is 1. The Morgan fingerprint density at radius 3 is 2.47 bits per heavy atom. The Morgan fingerprint density at radius 1 is 0.947 bits per heavy atom. The minimum absolute atomic E-state index is 0.222. The largest absolute Gasteiger partial charge is 0.262 e. The third-order valence-corrected chi connectivity index (χ3v) is 2.88. The maximum Gasteiger partial charge on any atom is 0.181 e. The summed E-state index contributed by atoms with van der Waals surface area (Å²) in [7, 11) is 0. The van der Waals surface area contributed by atoms with Crippen LogP contribution in [0.4, 0.5) is 4.39 Å². The lowest BCUT2D eigenvalue weighted by Crippen LogP contribution is -1.94. The molecule has 0 aliphatic carbocycles. The van der Waals surface area contributed by atoms with Gasteiger partial charge in [0.15, 0.2) is 5.82 Å². The van der Waals surface area contributed by atoms with E-state index in [0.29, 0.717) is 23.6 Å². The molecule has 1 aromatic heterocycles. The maximum absolute atomic E-state index is 13.5. The Balaban J connectivity index is 1.85. The molecule has 3 rings (SSSR count). The molecular weight excluding hydrogens is 241 g/mol. The number of H-pyrrole nitrogens is 1. The molecule has 0 aliphatic heterocycles. The molecule has 0 spiro atoms. The molecule has 1 heterocycles. The molecule has 0 unspecified atom stereocenters. The molecule has 2 aromatic carbocycles. The number of hydrogen-bond acceptors (Lipinski definition) is 2. The fourth-order valence-corrected chi connectivity index (χ4v) is 1.91. The number of rotatable bonds is 3. The van der Waals surface area contributed by atoms with Gasteiger partial charge in [-0.25, -0.2) is 9.37 Å². The molecule has 0 bridgehead atoms. The Kier molecular flexibility index (Phi) is 3.06. The molecule has 0 atom stereocenters. The highest BCUT2D eigenvalue weighted by Crippen LogP contribution is 2.15. The molecule has 94 valence electrons. The normalized spacial score (nSPS) is 10.6. The second-order valence-corrected chi connectivity index (χ2v) is 4.24. The van der Waals surface area contributed by atoms with Gasteiger partial charge in [0.05, 0.1) is 0 Å². The predicted octanol–water partition coefficient (Wildman–Crippen LogP) is 3.20. The lowest BCUT2D eigenvalue weighted by atomic mass is 10.1. The fourth-order valence-electron chi connectivity index (χ4n) is 1.91. The molecule has 0 saturated heterocycles. The van der Waals surface area contributed by atoms with Crippen LogP contribution in [-0.2, 0) is 6.42 Å². The first-order valence-corrected chi connectivity index (χ1v) is 6.03. The molecule has 0 radical (unpaired) electrons. The first-order chi connectivity index (χ1) is 9.33. The van der Waals surface area contributed by atoms with Crippen molar-refractivity contribution >= 4 is 0 Å². The highest BCUT2D eigenvalue weighted by atomic mass is 19.1. The average molecular weight is 253 g/mol. The summed E-state index contributed by atoms with van der Waals surface area (Å²) in [5, 5.41) is 7.01. The van der Waals surface area contributed by atoms with Crippen molar-refractivity contribution in [3.63, 3.8) is 0 Å². The van der Waals surface area contributed by atoms with E-state index >= 15 is 0 Å². The molecule has 0 aliphatic rings. The van der Waals surface area contributed by atoms with Gasteiger partial charge in [0.25, 0.3) is 0 Å². The molecule has 19 heavy (non-hydrogen) atoms. The van der Waals surface area contributed by atoms with Gasteiger partial charge >= 0.3 is 0 Å². The monoisotopic (exact) mass is 253 g/mol. The number of aromatic nitrogens is 3. The summed E-state index contributed by atoms with van der Waals surface area (Å²) in [6.45, 7) is 0. The van der Waals surface area contributed by atoms with E-state index in [1.807, 2.05) is 36.4 Å².